The highest BCUT2D eigenvalue weighted by atomic mass is 79.9. The van der Waals surface area contributed by atoms with E-state index in [1.54, 1.807) is 43.3 Å². The van der Waals surface area contributed by atoms with Crippen molar-refractivity contribution in [3.63, 3.8) is 0 Å². The van der Waals surface area contributed by atoms with Gasteiger partial charge in [-0.1, -0.05) is 65.2 Å². The molecule has 0 saturated carbocycles. The third-order valence-electron chi connectivity index (χ3n) is 6.62. The first-order valence-corrected chi connectivity index (χ1v) is 15.6. The maximum Gasteiger partial charge on any atom is 0.264 e. The number of halogens is 1. The Kier molecular flexibility index (Phi) is 10.9. The zero-order chi connectivity index (χ0) is 29.4. The van der Waals surface area contributed by atoms with Crippen LogP contribution in [-0.2, 0) is 26.2 Å². The summed E-state index contributed by atoms with van der Waals surface area (Å²) in [5, 5.41) is 2.90. The molecular formula is C31H38BrN3O4S. The number of carbonyl (C=O) groups is 2. The fourth-order valence-corrected chi connectivity index (χ4v) is 6.26. The molecule has 3 aromatic carbocycles. The van der Waals surface area contributed by atoms with Gasteiger partial charge in [-0.25, -0.2) is 8.42 Å². The van der Waals surface area contributed by atoms with Gasteiger partial charge in [0.15, 0.2) is 0 Å². The number of amides is 2. The highest BCUT2D eigenvalue weighted by Gasteiger charge is 2.32. The van der Waals surface area contributed by atoms with E-state index in [2.05, 4.69) is 21.2 Å². The Morgan fingerprint density at radius 3 is 2.17 bits per heavy atom. The number of rotatable bonds is 12. The quantitative estimate of drug-likeness (QED) is 0.253. The van der Waals surface area contributed by atoms with Crippen LogP contribution in [0.5, 0.6) is 0 Å². The van der Waals surface area contributed by atoms with Crippen molar-refractivity contribution in [2.45, 2.75) is 64.9 Å². The van der Waals surface area contributed by atoms with Crippen molar-refractivity contribution in [2.75, 3.05) is 17.4 Å². The molecule has 214 valence electrons. The summed E-state index contributed by atoms with van der Waals surface area (Å²) in [6.07, 6.45) is 1.75. The van der Waals surface area contributed by atoms with Crippen LogP contribution >= 0.6 is 15.9 Å². The van der Waals surface area contributed by atoms with Gasteiger partial charge in [0, 0.05) is 17.6 Å². The van der Waals surface area contributed by atoms with Gasteiger partial charge in [0.05, 0.1) is 10.6 Å². The number of carbonyl (C=O) groups excluding carboxylic acids is 2. The van der Waals surface area contributed by atoms with Gasteiger partial charge in [-0.3, -0.25) is 13.9 Å². The average Bonchev–Trinajstić information content (AvgIpc) is 2.89. The molecule has 0 radical (unpaired) electrons. The smallest absolute Gasteiger partial charge is 0.264 e. The first-order chi connectivity index (χ1) is 18.9. The molecule has 0 saturated heterocycles. The van der Waals surface area contributed by atoms with E-state index in [0.717, 1.165) is 43.9 Å². The second-order valence-electron chi connectivity index (χ2n) is 10.1. The average molecular weight is 629 g/mol. The molecule has 0 bridgehead atoms. The first-order valence-electron chi connectivity index (χ1n) is 13.4. The SMILES string of the molecule is CCCCNC(=O)[C@@H](C)N(Cc1cccc(Br)c1)C(=O)CN(c1cc(C)cc(C)c1)S(=O)(=O)c1ccc(C)cc1. The third-order valence-corrected chi connectivity index (χ3v) is 8.90. The number of benzene rings is 3. The molecule has 0 aliphatic heterocycles. The van der Waals surface area contributed by atoms with Crippen molar-refractivity contribution < 1.29 is 18.0 Å². The minimum absolute atomic E-state index is 0.0916. The Labute approximate surface area is 246 Å². The Balaban J connectivity index is 2.03. The molecule has 40 heavy (non-hydrogen) atoms. The van der Waals surface area contributed by atoms with E-state index in [-0.39, 0.29) is 17.3 Å². The van der Waals surface area contributed by atoms with Gasteiger partial charge in [-0.05, 0) is 87.2 Å². The van der Waals surface area contributed by atoms with E-state index in [0.29, 0.717) is 12.2 Å². The molecule has 9 heteroatoms. The van der Waals surface area contributed by atoms with Gasteiger partial charge >= 0.3 is 0 Å². The van der Waals surface area contributed by atoms with Gasteiger partial charge in [0.25, 0.3) is 10.0 Å². The number of aryl methyl sites for hydroxylation is 3. The second-order valence-corrected chi connectivity index (χ2v) is 12.9. The maximum absolute atomic E-state index is 14.0. The summed E-state index contributed by atoms with van der Waals surface area (Å²) in [6.45, 7) is 9.56. The number of nitrogens with one attached hydrogen (secondary N) is 1. The minimum Gasteiger partial charge on any atom is -0.354 e. The molecule has 3 aromatic rings. The van der Waals surface area contributed by atoms with Crippen LogP contribution in [-0.4, -0.2) is 44.3 Å². The van der Waals surface area contributed by atoms with Gasteiger partial charge in [-0.2, -0.15) is 0 Å². The van der Waals surface area contributed by atoms with E-state index in [1.807, 2.05) is 58.0 Å². The maximum atomic E-state index is 14.0. The monoisotopic (exact) mass is 627 g/mol. The van der Waals surface area contributed by atoms with Gasteiger partial charge in [0.2, 0.25) is 11.8 Å². The number of hydrogen-bond donors (Lipinski definition) is 1. The molecule has 0 aliphatic rings. The van der Waals surface area contributed by atoms with E-state index >= 15 is 0 Å². The lowest BCUT2D eigenvalue weighted by atomic mass is 10.1. The van der Waals surface area contributed by atoms with Crippen LogP contribution in [0, 0.1) is 20.8 Å². The van der Waals surface area contributed by atoms with E-state index < -0.39 is 28.5 Å². The molecular weight excluding hydrogens is 590 g/mol. The number of hydrogen-bond acceptors (Lipinski definition) is 4. The number of anilines is 1. The highest BCUT2D eigenvalue weighted by Crippen LogP contribution is 2.27. The predicted octanol–water partition coefficient (Wildman–Crippen LogP) is 5.90. The molecule has 0 unspecified atom stereocenters. The Hall–Kier alpha value is -3.17. The largest absolute Gasteiger partial charge is 0.354 e. The molecule has 1 N–H and O–H groups in total. The highest BCUT2D eigenvalue weighted by molar-refractivity contribution is 9.10. The number of sulfonamides is 1. The van der Waals surface area contributed by atoms with Crippen molar-refractivity contribution >= 4 is 43.5 Å². The zero-order valence-corrected chi connectivity index (χ0v) is 26.2. The molecule has 0 heterocycles. The fraction of sp³-hybridized carbons (Fsp3) is 0.355. The normalized spacial score (nSPS) is 12.1. The van der Waals surface area contributed by atoms with Crippen molar-refractivity contribution in [1.29, 1.82) is 0 Å². The van der Waals surface area contributed by atoms with E-state index in [1.165, 1.54) is 4.90 Å². The first kappa shape index (κ1) is 31.4. The summed E-state index contributed by atoms with van der Waals surface area (Å²) in [7, 11) is -4.10. The van der Waals surface area contributed by atoms with Crippen LogP contribution in [0.15, 0.2) is 76.1 Å². The van der Waals surface area contributed by atoms with Crippen LogP contribution in [0.25, 0.3) is 0 Å². The lowest BCUT2D eigenvalue weighted by molar-refractivity contribution is -0.139. The summed E-state index contributed by atoms with van der Waals surface area (Å²) < 4.78 is 29.9. The van der Waals surface area contributed by atoms with Crippen LogP contribution in [0.1, 0.15) is 48.9 Å². The summed E-state index contributed by atoms with van der Waals surface area (Å²) in [6, 6.07) is 18.7. The number of unbranched alkanes of at least 4 members (excludes halogenated alkanes) is 1. The Bertz CT molecular complexity index is 1420. The lowest BCUT2D eigenvalue weighted by Gasteiger charge is -2.32. The van der Waals surface area contributed by atoms with Gasteiger partial charge in [0.1, 0.15) is 12.6 Å². The van der Waals surface area contributed by atoms with Gasteiger partial charge < -0.3 is 10.2 Å². The third kappa shape index (κ3) is 8.17. The molecule has 0 aliphatic carbocycles. The lowest BCUT2D eigenvalue weighted by Crippen LogP contribution is -2.51. The standard InChI is InChI=1S/C31H38BrN3O4S/c1-6-7-15-33-31(37)25(5)34(20-26-9-8-10-27(32)19-26)30(36)21-35(28-17-23(3)16-24(4)18-28)40(38,39)29-13-11-22(2)12-14-29/h8-14,16-19,25H,6-7,15,20-21H2,1-5H3,(H,33,37)/t25-/m1/s1. The second kappa shape index (κ2) is 13.9. The molecule has 7 nitrogen and oxygen atoms in total. The summed E-state index contributed by atoms with van der Waals surface area (Å²) in [4.78, 5) is 28.6. The summed E-state index contributed by atoms with van der Waals surface area (Å²) in [5.74, 6) is -0.760. The number of nitrogens with zero attached hydrogens (tertiary/aromatic N) is 2. The Morgan fingerprint density at radius 2 is 1.57 bits per heavy atom. The summed E-state index contributed by atoms with van der Waals surface area (Å²) >= 11 is 3.47. The topological polar surface area (TPSA) is 86.8 Å². The van der Waals surface area contributed by atoms with Crippen molar-refractivity contribution in [2.24, 2.45) is 0 Å². The minimum atomic E-state index is -4.10. The molecule has 0 spiro atoms. The fourth-order valence-electron chi connectivity index (χ4n) is 4.41. The van der Waals surface area contributed by atoms with E-state index in [4.69, 9.17) is 0 Å². The van der Waals surface area contributed by atoms with Crippen molar-refractivity contribution in [3.8, 4) is 0 Å². The molecule has 2 amide bonds. The van der Waals surface area contributed by atoms with Crippen LogP contribution in [0.4, 0.5) is 5.69 Å². The predicted molar refractivity (Wildman–Crippen MR) is 164 cm³/mol. The Morgan fingerprint density at radius 1 is 0.925 bits per heavy atom. The van der Waals surface area contributed by atoms with Crippen molar-refractivity contribution in [3.05, 3.63) is 93.5 Å². The zero-order valence-electron chi connectivity index (χ0n) is 23.8. The molecule has 0 fully saturated rings. The molecule has 3 rings (SSSR count). The van der Waals surface area contributed by atoms with E-state index in [9.17, 15) is 18.0 Å². The van der Waals surface area contributed by atoms with Crippen LogP contribution < -0.4 is 9.62 Å². The van der Waals surface area contributed by atoms with Gasteiger partial charge in [-0.15, -0.1) is 0 Å². The molecule has 1 atom stereocenters. The van der Waals surface area contributed by atoms with Crippen LogP contribution in [0.3, 0.4) is 0 Å². The van der Waals surface area contributed by atoms with Crippen molar-refractivity contribution in [1.82, 2.24) is 10.2 Å². The summed E-state index contributed by atoms with van der Waals surface area (Å²) in [5.41, 5.74) is 3.89. The van der Waals surface area contributed by atoms with Crippen LogP contribution in [0.2, 0.25) is 0 Å². The molecule has 0 aromatic heterocycles.